The van der Waals surface area contributed by atoms with Crippen LogP contribution in [0.1, 0.15) is 44.0 Å². The van der Waals surface area contributed by atoms with Gasteiger partial charge in [-0.05, 0) is 35.7 Å². The lowest BCUT2D eigenvalue weighted by Crippen LogP contribution is -2.52. The highest BCUT2D eigenvalue weighted by Gasteiger charge is 2.41. The summed E-state index contributed by atoms with van der Waals surface area (Å²) in [5.74, 6) is -8.22. The smallest absolute Gasteiger partial charge is 0.346 e. The first kappa shape index (κ1) is 17.3. The van der Waals surface area contributed by atoms with Gasteiger partial charge in [0.1, 0.15) is 6.04 Å². The van der Waals surface area contributed by atoms with Crippen LogP contribution in [-0.4, -0.2) is 34.6 Å². The fourth-order valence-electron chi connectivity index (χ4n) is 3.39. The van der Waals surface area contributed by atoms with Crippen molar-refractivity contribution in [2.45, 2.75) is 37.8 Å². The SMILES string of the molecule is [2H]c1cc2c(cc1CN([2H])C(=O)C(F)(F)c1ccc(Cl)cc1)C([2H])([2H])N(C1CCC(=O)NC1=O)C2=O. The van der Waals surface area contributed by atoms with E-state index in [-0.39, 0.29) is 45.9 Å². The van der Waals surface area contributed by atoms with Gasteiger partial charge in [0.2, 0.25) is 11.8 Å². The molecule has 0 bridgehead atoms. The summed E-state index contributed by atoms with van der Waals surface area (Å²) in [6.07, 6.45) is -0.196. The maximum absolute atomic E-state index is 14.7. The normalized spacial score (nSPS) is 21.8. The zero-order valence-corrected chi connectivity index (χ0v) is 17.1. The molecule has 0 aliphatic carbocycles. The van der Waals surface area contributed by atoms with Crippen LogP contribution in [0.4, 0.5) is 8.78 Å². The molecule has 0 spiro atoms. The van der Waals surface area contributed by atoms with E-state index in [2.05, 4.69) is 5.32 Å². The minimum atomic E-state index is -4.07. The zero-order valence-electron chi connectivity index (χ0n) is 20.3. The zero-order chi connectivity index (χ0) is 26.6. The largest absolute Gasteiger partial charge is 0.349 e. The average Bonchev–Trinajstić information content (AvgIpc) is 2.99. The lowest BCUT2D eigenvalue weighted by molar-refractivity contribution is -0.147. The predicted molar refractivity (Wildman–Crippen MR) is 110 cm³/mol. The molecular weight excluding hydrogens is 444 g/mol. The second-order valence-corrected chi connectivity index (χ2v) is 7.68. The van der Waals surface area contributed by atoms with Crippen molar-refractivity contribution < 1.29 is 33.5 Å². The molecule has 1 fully saturated rings. The number of nitrogens with zero attached hydrogens (tertiary/aromatic N) is 1. The summed E-state index contributed by atoms with van der Waals surface area (Å²) in [6.45, 7) is -3.34. The molecule has 4 amide bonds. The lowest BCUT2D eigenvalue weighted by Gasteiger charge is -2.29. The molecular formula is C22H18ClF2N3O4. The Morgan fingerprint density at radius 1 is 1.31 bits per heavy atom. The first-order chi connectivity index (χ1) is 16.7. The van der Waals surface area contributed by atoms with E-state index < -0.39 is 54.2 Å². The lowest BCUT2D eigenvalue weighted by atomic mass is 10.0. The number of amides is 4. The number of halogens is 3. The van der Waals surface area contributed by atoms with Gasteiger partial charge in [-0.1, -0.05) is 35.8 Å². The number of rotatable bonds is 5. The molecule has 2 aromatic rings. The molecule has 7 nitrogen and oxygen atoms in total. The summed E-state index contributed by atoms with van der Waals surface area (Å²) < 4.78 is 62.4. The molecule has 32 heavy (non-hydrogen) atoms. The monoisotopic (exact) mass is 465 g/mol. The molecule has 4 rings (SSSR count). The number of alkyl halides is 2. The van der Waals surface area contributed by atoms with Gasteiger partial charge in [-0.2, -0.15) is 8.78 Å². The van der Waals surface area contributed by atoms with Crippen LogP contribution < -0.4 is 10.6 Å². The molecule has 1 atom stereocenters. The number of carbonyl (C=O) groups excluding carboxylic acids is 4. The summed E-state index contributed by atoms with van der Waals surface area (Å²) >= 11 is 5.69. The molecule has 1 saturated heterocycles. The molecule has 10 heteroatoms. The van der Waals surface area contributed by atoms with Crippen molar-refractivity contribution in [1.82, 2.24) is 15.5 Å². The van der Waals surface area contributed by atoms with E-state index in [0.717, 1.165) is 24.3 Å². The third kappa shape index (κ3) is 4.08. The van der Waals surface area contributed by atoms with Crippen molar-refractivity contribution in [2.75, 3.05) is 0 Å². The maximum Gasteiger partial charge on any atom is 0.349 e. The van der Waals surface area contributed by atoms with E-state index in [4.69, 9.17) is 17.1 Å². The Hall–Kier alpha value is -3.33. The highest BCUT2D eigenvalue weighted by molar-refractivity contribution is 6.30. The standard InChI is InChI=1S/C22H18ClF2N3O4/c23-15-4-2-14(3-5-15)22(24,25)21(32)26-10-12-1-6-16-13(9-12)11-28(20(16)31)17-7-8-18(29)27-19(17)30/h1-6,9,17H,7-8,10-11H2,(H,26,32)(H,27,29,30)/i1D,11D2/hD. The molecule has 0 radical (unpaired) electrons. The van der Waals surface area contributed by atoms with Gasteiger partial charge in [-0.25, -0.2) is 0 Å². The van der Waals surface area contributed by atoms with Gasteiger partial charge in [0.15, 0.2) is 1.41 Å². The Labute approximate surface area is 192 Å². The quantitative estimate of drug-likeness (QED) is 0.663. The highest BCUT2D eigenvalue weighted by Crippen LogP contribution is 2.30. The number of fused-ring (bicyclic) bond motifs is 1. The third-order valence-corrected chi connectivity index (χ3v) is 5.34. The van der Waals surface area contributed by atoms with Gasteiger partial charge in [0.05, 0.1) is 4.11 Å². The van der Waals surface area contributed by atoms with Crippen LogP contribution in [0.2, 0.25) is 6.43 Å². The highest BCUT2D eigenvalue weighted by atomic mass is 35.5. The van der Waals surface area contributed by atoms with Gasteiger partial charge < -0.3 is 10.2 Å². The minimum Gasteiger partial charge on any atom is -0.346 e. The van der Waals surface area contributed by atoms with Gasteiger partial charge in [0.25, 0.3) is 11.8 Å². The number of piperidine rings is 1. The van der Waals surface area contributed by atoms with Crippen molar-refractivity contribution in [3.05, 3.63) is 69.7 Å². The first-order valence-corrected chi connectivity index (χ1v) is 9.89. The molecule has 0 aromatic heterocycles. The summed E-state index contributed by atoms with van der Waals surface area (Å²) in [7, 11) is 0. The molecule has 0 saturated carbocycles. The van der Waals surface area contributed by atoms with Crippen LogP contribution in [-0.2, 0) is 33.3 Å². The van der Waals surface area contributed by atoms with E-state index in [1.165, 1.54) is 12.1 Å². The summed E-state index contributed by atoms with van der Waals surface area (Å²) in [5, 5.41) is 2.20. The van der Waals surface area contributed by atoms with E-state index in [1.54, 1.807) is 0 Å². The molecule has 2 aromatic carbocycles. The maximum atomic E-state index is 14.7. The Morgan fingerprint density at radius 2 is 2.03 bits per heavy atom. The molecule has 2 aliphatic rings. The summed E-state index contributed by atoms with van der Waals surface area (Å²) in [4.78, 5) is 49.8. The van der Waals surface area contributed by atoms with Crippen molar-refractivity contribution in [2.24, 2.45) is 0 Å². The van der Waals surface area contributed by atoms with E-state index in [0.29, 0.717) is 4.90 Å². The second-order valence-electron chi connectivity index (χ2n) is 7.24. The minimum absolute atomic E-state index is 0.0430. The summed E-state index contributed by atoms with van der Waals surface area (Å²) in [5.41, 5.74) is -1.30. The van der Waals surface area contributed by atoms with Gasteiger partial charge in [-0.3, -0.25) is 24.5 Å². The van der Waals surface area contributed by atoms with Crippen LogP contribution in [0.15, 0.2) is 42.4 Å². The van der Waals surface area contributed by atoms with Gasteiger partial charge >= 0.3 is 5.92 Å². The van der Waals surface area contributed by atoms with Crippen LogP contribution in [0.3, 0.4) is 0 Å². The number of hydrogen-bond acceptors (Lipinski definition) is 4. The number of benzene rings is 2. The molecule has 2 aliphatic heterocycles. The van der Waals surface area contributed by atoms with E-state index in [9.17, 15) is 28.0 Å². The Bertz CT molecular complexity index is 1290. The third-order valence-electron chi connectivity index (χ3n) is 5.09. The topological polar surface area (TPSA) is 95.6 Å². The van der Waals surface area contributed by atoms with Crippen molar-refractivity contribution in [1.29, 1.82) is 0 Å². The molecule has 2 N–H and O–H groups in total. The molecule has 166 valence electrons. The van der Waals surface area contributed by atoms with Crippen LogP contribution >= 0.6 is 11.6 Å². The fourth-order valence-corrected chi connectivity index (χ4v) is 3.52. The van der Waals surface area contributed by atoms with Crippen LogP contribution in [0, 0.1) is 0 Å². The average molecular weight is 466 g/mol. The first-order valence-electron chi connectivity index (χ1n) is 11.5. The molecule has 1 unspecified atom stereocenters. The molecule has 2 heterocycles. The number of carbonyl (C=O) groups is 4. The second kappa shape index (κ2) is 8.31. The Balaban J connectivity index is 1.61. The predicted octanol–water partition coefficient (Wildman–Crippen LogP) is 2.51. The summed E-state index contributed by atoms with van der Waals surface area (Å²) in [6, 6.07) is 4.63. The Kier molecular flexibility index (Phi) is 4.48. The van der Waals surface area contributed by atoms with E-state index >= 15 is 0 Å². The number of imide groups is 1. The van der Waals surface area contributed by atoms with Crippen LogP contribution in [0.5, 0.6) is 0 Å². The van der Waals surface area contributed by atoms with Crippen molar-refractivity contribution in [3.8, 4) is 0 Å². The number of hydrogen-bond donors (Lipinski definition) is 2. The van der Waals surface area contributed by atoms with Crippen molar-refractivity contribution in [3.63, 3.8) is 0 Å². The number of nitrogens with one attached hydrogen (secondary N) is 2. The van der Waals surface area contributed by atoms with Gasteiger partial charge in [-0.15, -0.1) is 0 Å². The van der Waals surface area contributed by atoms with Crippen molar-refractivity contribution >= 4 is 35.2 Å². The van der Waals surface area contributed by atoms with E-state index in [1.807, 2.05) is 0 Å². The Morgan fingerprint density at radius 3 is 2.72 bits per heavy atom. The van der Waals surface area contributed by atoms with Crippen LogP contribution in [0.25, 0.3) is 0 Å². The fraction of sp³-hybridized carbons (Fsp3) is 0.273. The van der Waals surface area contributed by atoms with Gasteiger partial charge in [0, 0.05) is 35.6 Å².